The summed E-state index contributed by atoms with van der Waals surface area (Å²) in [7, 11) is 0. The molecular weight excluding hydrogens is 244 g/mol. The predicted octanol–water partition coefficient (Wildman–Crippen LogP) is 0.485. The Hall–Kier alpha value is -1.88. The first-order valence-electron chi connectivity index (χ1n) is 4.97. The SMILES string of the molecule is O=C1CC(NC(=O)c2ccccc2Cl)C(=O)N1. The van der Waals surface area contributed by atoms with Crippen molar-refractivity contribution in [2.45, 2.75) is 12.5 Å². The van der Waals surface area contributed by atoms with Gasteiger partial charge in [-0.3, -0.25) is 19.7 Å². The number of hydrogen-bond acceptors (Lipinski definition) is 3. The molecule has 1 atom stereocenters. The molecule has 3 amide bonds. The molecular formula is C11H9ClN2O3. The molecule has 0 spiro atoms. The minimum atomic E-state index is -0.814. The molecule has 1 fully saturated rings. The fourth-order valence-corrected chi connectivity index (χ4v) is 1.77. The summed E-state index contributed by atoms with van der Waals surface area (Å²) in [5, 5.41) is 4.87. The zero-order valence-electron chi connectivity index (χ0n) is 8.70. The molecule has 1 aromatic carbocycles. The van der Waals surface area contributed by atoms with Crippen molar-refractivity contribution in [3.8, 4) is 0 Å². The van der Waals surface area contributed by atoms with E-state index in [1.54, 1.807) is 24.3 Å². The van der Waals surface area contributed by atoms with Crippen LogP contribution in [0.1, 0.15) is 16.8 Å². The molecule has 0 aromatic heterocycles. The number of amides is 3. The Morgan fingerprint density at radius 2 is 2.06 bits per heavy atom. The van der Waals surface area contributed by atoms with Crippen LogP contribution in [0.2, 0.25) is 5.02 Å². The Morgan fingerprint density at radius 3 is 2.65 bits per heavy atom. The van der Waals surface area contributed by atoms with Gasteiger partial charge in [-0.1, -0.05) is 23.7 Å². The van der Waals surface area contributed by atoms with Crippen LogP contribution in [0.25, 0.3) is 0 Å². The van der Waals surface area contributed by atoms with Crippen LogP contribution in [0.4, 0.5) is 0 Å². The van der Waals surface area contributed by atoms with Gasteiger partial charge in [-0.2, -0.15) is 0 Å². The lowest BCUT2D eigenvalue weighted by Crippen LogP contribution is -2.40. The van der Waals surface area contributed by atoms with Crippen molar-refractivity contribution in [1.29, 1.82) is 0 Å². The average Bonchev–Trinajstić information content (AvgIpc) is 2.58. The van der Waals surface area contributed by atoms with Gasteiger partial charge >= 0.3 is 0 Å². The van der Waals surface area contributed by atoms with Gasteiger partial charge in [0.25, 0.3) is 5.91 Å². The molecule has 5 nitrogen and oxygen atoms in total. The van der Waals surface area contributed by atoms with Crippen LogP contribution >= 0.6 is 11.6 Å². The minimum Gasteiger partial charge on any atom is -0.340 e. The standard InChI is InChI=1S/C11H9ClN2O3/c12-7-4-2-1-3-6(7)10(16)13-8-5-9(15)14-11(8)17/h1-4,8H,5H2,(H,13,16)(H,14,15,17). The van der Waals surface area contributed by atoms with Gasteiger partial charge in [-0.05, 0) is 12.1 Å². The molecule has 1 unspecified atom stereocenters. The highest BCUT2D eigenvalue weighted by molar-refractivity contribution is 6.33. The van der Waals surface area contributed by atoms with Crippen LogP contribution in [0.3, 0.4) is 0 Å². The Balaban J connectivity index is 2.10. The molecule has 1 saturated heterocycles. The monoisotopic (exact) mass is 252 g/mol. The number of benzene rings is 1. The number of imide groups is 1. The maximum Gasteiger partial charge on any atom is 0.253 e. The van der Waals surface area contributed by atoms with Crippen molar-refractivity contribution in [2.75, 3.05) is 0 Å². The van der Waals surface area contributed by atoms with Gasteiger partial charge in [-0.15, -0.1) is 0 Å². The Labute approximate surface area is 102 Å². The summed E-state index contributed by atoms with van der Waals surface area (Å²) in [5.41, 5.74) is 0.279. The van der Waals surface area contributed by atoms with Crippen LogP contribution in [-0.4, -0.2) is 23.8 Å². The Bertz CT molecular complexity index is 501. The zero-order chi connectivity index (χ0) is 12.4. The van der Waals surface area contributed by atoms with E-state index in [0.717, 1.165) is 0 Å². The molecule has 1 aliphatic heterocycles. The van der Waals surface area contributed by atoms with Crippen molar-refractivity contribution in [1.82, 2.24) is 10.6 Å². The van der Waals surface area contributed by atoms with E-state index in [4.69, 9.17) is 11.6 Å². The van der Waals surface area contributed by atoms with Crippen molar-refractivity contribution in [2.24, 2.45) is 0 Å². The van der Waals surface area contributed by atoms with Gasteiger partial charge in [0, 0.05) is 0 Å². The van der Waals surface area contributed by atoms with E-state index >= 15 is 0 Å². The summed E-state index contributed by atoms with van der Waals surface area (Å²) in [4.78, 5) is 34.0. The van der Waals surface area contributed by atoms with E-state index in [1.807, 2.05) is 0 Å². The lowest BCUT2D eigenvalue weighted by Gasteiger charge is -2.09. The normalized spacial score (nSPS) is 19.0. The summed E-state index contributed by atoms with van der Waals surface area (Å²) < 4.78 is 0. The predicted molar refractivity (Wildman–Crippen MR) is 60.5 cm³/mol. The Kier molecular flexibility index (Phi) is 3.10. The second-order valence-corrected chi connectivity index (χ2v) is 4.03. The largest absolute Gasteiger partial charge is 0.340 e. The maximum absolute atomic E-state index is 11.8. The number of halogens is 1. The van der Waals surface area contributed by atoms with Gasteiger partial charge in [-0.25, -0.2) is 0 Å². The fourth-order valence-electron chi connectivity index (χ4n) is 1.55. The summed E-state index contributed by atoms with van der Waals surface area (Å²) in [6, 6.07) is 5.68. The lowest BCUT2D eigenvalue weighted by molar-refractivity contribution is -0.125. The molecule has 88 valence electrons. The molecule has 6 heteroatoms. The third-order valence-corrected chi connectivity index (χ3v) is 2.72. The number of nitrogens with one attached hydrogen (secondary N) is 2. The van der Waals surface area contributed by atoms with E-state index in [2.05, 4.69) is 10.6 Å². The molecule has 0 radical (unpaired) electrons. The number of carbonyl (C=O) groups is 3. The topological polar surface area (TPSA) is 75.3 Å². The average molecular weight is 253 g/mol. The zero-order valence-corrected chi connectivity index (χ0v) is 9.45. The molecule has 1 heterocycles. The molecule has 1 aliphatic rings. The van der Waals surface area contributed by atoms with Gasteiger partial charge in [0.2, 0.25) is 11.8 Å². The molecule has 2 rings (SSSR count). The van der Waals surface area contributed by atoms with Crippen LogP contribution in [0.15, 0.2) is 24.3 Å². The number of hydrogen-bond donors (Lipinski definition) is 2. The van der Waals surface area contributed by atoms with Crippen LogP contribution in [0.5, 0.6) is 0 Å². The maximum atomic E-state index is 11.8. The van der Waals surface area contributed by atoms with Gasteiger partial charge in [0.1, 0.15) is 6.04 Å². The number of rotatable bonds is 2. The number of carbonyl (C=O) groups excluding carboxylic acids is 3. The molecule has 0 saturated carbocycles. The molecule has 1 aromatic rings. The highest BCUT2D eigenvalue weighted by atomic mass is 35.5. The van der Waals surface area contributed by atoms with Crippen molar-refractivity contribution in [3.05, 3.63) is 34.9 Å². The molecule has 0 bridgehead atoms. The Morgan fingerprint density at radius 1 is 1.35 bits per heavy atom. The van der Waals surface area contributed by atoms with Crippen LogP contribution < -0.4 is 10.6 Å². The highest BCUT2D eigenvalue weighted by Crippen LogP contribution is 2.15. The van der Waals surface area contributed by atoms with Gasteiger partial charge in [0.15, 0.2) is 0 Å². The molecule has 17 heavy (non-hydrogen) atoms. The molecule has 0 aliphatic carbocycles. The third kappa shape index (κ3) is 2.45. The summed E-state index contributed by atoms with van der Waals surface area (Å²) in [6.45, 7) is 0. The van der Waals surface area contributed by atoms with E-state index < -0.39 is 17.9 Å². The van der Waals surface area contributed by atoms with Gasteiger partial charge in [0.05, 0.1) is 17.0 Å². The van der Waals surface area contributed by atoms with E-state index in [1.165, 1.54) is 0 Å². The first-order chi connectivity index (χ1) is 8.08. The second kappa shape index (κ2) is 4.55. The van der Waals surface area contributed by atoms with Crippen molar-refractivity contribution in [3.63, 3.8) is 0 Å². The van der Waals surface area contributed by atoms with Crippen molar-refractivity contribution >= 4 is 29.3 Å². The summed E-state index contributed by atoms with van der Waals surface area (Å²) in [5.74, 6) is -1.35. The fraction of sp³-hybridized carbons (Fsp3) is 0.182. The second-order valence-electron chi connectivity index (χ2n) is 3.62. The van der Waals surface area contributed by atoms with Gasteiger partial charge < -0.3 is 5.32 Å². The summed E-state index contributed by atoms with van der Waals surface area (Å²) >= 11 is 5.84. The lowest BCUT2D eigenvalue weighted by atomic mass is 10.2. The molecule has 2 N–H and O–H groups in total. The van der Waals surface area contributed by atoms with Crippen LogP contribution in [0, 0.1) is 0 Å². The third-order valence-electron chi connectivity index (χ3n) is 2.39. The van der Waals surface area contributed by atoms with Crippen LogP contribution in [-0.2, 0) is 9.59 Å². The summed E-state index contributed by atoms with van der Waals surface area (Å²) in [6.07, 6.45) is -0.0327. The van der Waals surface area contributed by atoms with E-state index in [-0.39, 0.29) is 17.9 Å². The quantitative estimate of drug-likeness (QED) is 0.752. The first kappa shape index (κ1) is 11.6. The van der Waals surface area contributed by atoms with E-state index in [9.17, 15) is 14.4 Å². The highest BCUT2D eigenvalue weighted by Gasteiger charge is 2.32. The smallest absolute Gasteiger partial charge is 0.253 e. The van der Waals surface area contributed by atoms with E-state index in [0.29, 0.717) is 5.02 Å². The van der Waals surface area contributed by atoms with Crippen molar-refractivity contribution < 1.29 is 14.4 Å². The minimum absolute atomic E-state index is 0.0327. The first-order valence-corrected chi connectivity index (χ1v) is 5.35.